The number of benzene rings is 1. The zero-order valence-corrected chi connectivity index (χ0v) is 16.6. The van der Waals surface area contributed by atoms with Gasteiger partial charge in [0, 0.05) is 32.4 Å². The van der Waals surface area contributed by atoms with Gasteiger partial charge in [-0.25, -0.2) is 14.1 Å². The van der Waals surface area contributed by atoms with Crippen LogP contribution in [0.2, 0.25) is 0 Å². The van der Waals surface area contributed by atoms with Gasteiger partial charge in [-0.05, 0) is 31.2 Å². The van der Waals surface area contributed by atoms with Crippen LogP contribution in [0, 0.1) is 12.7 Å². The number of aromatic nitrogens is 3. The van der Waals surface area contributed by atoms with E-state index < -0.39 is 11.7 Å². The summed E-state index contributed by atoms with van der Waals surface area (Å²) in [7, 11) is 0. The van der Waals surface area contributed by atoms with E-state index in [1.165, 1.54) is 23.0 Å². The summed E-state index contributed by atoms with van der Waals surface area (Å²) in [5.74, 6) is -0.346. The summed E-state index contributed by atoms with van der Waals surface area (Å²) in [5.41, 5.74) is 0.479. The van der Waals surface area contributed by atoms with Crippen LogP contribution in [0.25, 0.3) is 5.82 Å². The quantitative estimate of drug-likeness (QED) is 0.592. The van der Waals surface area contributed by atoms with Crippen molar-refractivity contribution in [2.45, 2.75) is 13.1 Å². The summed E-state index contributed by atoms with van der Waals surface area (Å²) in [4.78, 5) is 20.3. The molecule has 0 radical (unpaired) electrons. The number of carbonyl (C=O) groups is 1. The lowest BCUT2D eigenvalue weighted by atomic mass is 10.2. The van der Waals surface area contributed by atoms with Gasteiger partial charge in [-0.15, -0.1) is 0 Å². The molecule has 3 heterocycles. The largest absolute Gasteiger partial charge is 0.417 e. The highest BCUT2D eigenvalue weighted by molar-refractivity contribution is 5.95. The molecule has 0 unspecified atom stereocenters. The molecule has 0 bridgehead atoms. The molecule has 6 nitrogen and oxygen atoms in total. The highest BCUT2D eigenvalue weighted by atomic mass is 19.4. The Labute approximate surface area is 175 Å². The summed E-state index contributed by atoms with van der Waals surface area (Å²) in [6.07, 6.45) is -2.35. The fraction of sp³-hybridized carbons (Fsp3) is 0.286. The lowest BCUT2D eigenvalue weighted by Crippen LogP contribution is -2.49. The average Bonchev–Trinajstić information content (AvgIpc) is 3.14. The Kier molecular flexibility index (Phi) is 5.38. The molecule has 3 aromatic rings. The summed E-state index contributed by atoms with van der Waals surface area (Å²) in [6.45, 7) is 3.46. The molecule has 1 saturated heterocycles. The third kappa shape index (κ3) is 4.10. The van der Waals surface area contributed by atoms with Crippen LogP contribution in [0.4, 0.5) is 23.2 Å². The molecule has 0 saturated carbocycles. The van der Waals surface area contributed by atoms with Gasteiger partial charge in [-0.3, -0.25) is 4.79 Å². The molecule has 4 rings (SSSR count). The zero-order valence-electron chi connectivity index (χ0n) is 16.6. The Morgan fingerprint density at radius 3 is 2.32 bits per heavy atom. The molecule has 1 aromatic carbocycles. The van der Waals surface area contributed by atoms with Gasteiger partial charge in [0.2, 0.25) is 0 Å². The Bertz CT molecular complexity index is 1090. The molecular formula is C21H19F4N5O. The molecule has 1 aliphatic rings. The van der Waals surface area contributed by atoms with Crippen LogP contribution in [0.1, 0.15) is 21.6 Å². The van der Waals surface area contributed by atoms with Gasteiger partial charge in [0.15, 0.2) is 5.82 Å². The molecule has 1 fully saturated rings. The first-order chi connectivity index (χ1) is 14.8. The number of para-hydroxylation sites is 1. The minimum Gasteiger partial charge on any atom is -0.366 e. The molecule has 2 aromatic heterocycles. The van der Waals surface area contributed by atoms with Crippen molar-refractivity contribution < 1.29 is 22.4 Å². The Balaban J connectivity index is 1.47. The average molecular weight is 433 g/mol. The first-order valence-electron chi connectivity index (χ1n) is 9.62. The first-order valence-corrected chi connectivity index (χ1v) is 9.62. The number of alkyl halides is 3. The number of hydrogen-bond donors (Lipinski definition) is 0. The number of rotatable bonds is 3. The number of hydrogen-bond acceptors (Lipinski definition) is 4. The van der Waals surface area contributed by atoms with E-state index in [9.17, 15) is 22.4 Å². The number of amides is 1. The van der Waals surface area contributed by atoms with Crippen LogP contribution in [0.15, 0.2) is 48.8 Å². The summed E-state index contributed by atoms with van der Waals surface area (Å²) >= 11 is 0. The van der Waals surface area contributed by atoms with E-state index in [-0.39, 0.29) is 17.5 Å². The molecule has 0 atom stereocenters. The Hall–Kier alpha value is -3.43. The molecular weight excluding hydrogens is 414 g/mol. The molecule has 10 heteroatoms. The van der Waals surface area contributed by atoms with Gasteiger partial charge < -0.3 is 9.80 Å². The van der Waals surface area contributed by atoms with Crippen LogP contribution >= 0.6 is 0 Å². The Morgan fingerprint density at radius 1 is 1.00 bits per heavy atom. The van der Waals surface area contributed by atoms with E-state index in [1.54, 1.807) is 30.0 Å². The third-order valence-corrected chi connectivity index (χ3v) is 5.29. The van der Waals surface area contributed by atoms with Crippen LogP contribution in [0.3, 0.4) is 0 Å². The van der Waals surface area contributed by atoms with E-state index >= 15 is 0 Å². The van der Waals surface area contributed by atoms with Crippen molar-refractivity contribution >= 4 is 11.6 Å². The second kappa shape index (κ2) is 8.01. The second-order valence-electron chi connectivity index (χ2n) is 7.19. The maximum atomic E-state index is 14.0. The van der Waals surface area contributed by atoms with E-state index in [4.69, 9.17) is 0 Å². The molecule has 31 heavy (non-hydrogen) atoms. The first kappa shape index (κ1) is 20.8. The van der Waals surface area contributed by atoms with Crippen molar-refractivity contribution in [3.8, 4) is 5.82 Å². The fourth-order valence-electron chi connectivity index (χ4n) is 3.56. The minimum absolute atomic E-state index is 0.189. The van der Waals surface area contributed by atoms with Crippen molar-refractivity contribution in [1.82, 2.24) is 19.7 Å². The van der Waals surface area contributed by atoms with Crippen LogP contribution < -0.4 is 4.90 Å². The summed E-state index contributed by atoms with van der Waals surface area (Å²) < 4.78 is 53.6. The molecule has 0 aliphatic carbocycles. The van der Waals surface area contributed by atoms with Gasteiger partial charge in [0.1, 0.15) is 5.82 Å². The van der Waals surface area contributed by atoms with Crippen molar-refractivity contribution in [2.75, 3.05) is 31.1 Å². The molecule has 162 valence electrons. The summed E-state index contributed by atoms with van der Waals surface area (Å²) in [5, 5.41) is 4.13. The highest BCUT2D eigenvalue weighted by Crippen LogP contribution is 2.29. The fourth-order valence-corrected chi connectivity index (χ4v) is 3.56. The minimum atomic E-state index is -4.48. The van der Waals surface area contributed by atoms with Crippen LogP contribution in [-0.2, 0) is 6.18 Å². The third-order valence-electron chi connectivity index (χ3n) is 5.29. The molecule has 0 spiro atoms. The van der Waals surface area contributed by atoms with E-state index in [2.05, 4.69) is 10.1 Å². The molecule has 0 N–H and O–H groups in total. The van der Waals surface area contributed by atoms with E-state index in [1.807, 2.05) is 4.90 Å². The van der Waals surface area contributed by atoms with Crippen LogP contribution in [0.5, 0.6) is 0 Å². The van der Waals surface area contributed by atoms with Gasteiger partial charge in [0.25, 0.3) is 5.91 Å². The van der Waals surface area contributed by atoms with Gasteiger partial charge in [-0.2, -0.15) is 18.3 Å². The number of pyridine rings is 1. The van der Waals surface area contributed by atoms with Crippen molar-refractivity contribution in [2.24, 2.45) is 0 Å². The number of halogens is 4. The lowest BCUT2D eigenvalue weighted by molar-refractivity contribution is -0.137. The van der Waals surface area contributed by atoms with Crippen molar-refractivity contribution in [1.29, 1.82) is 0 Å². The normalized spacial score (nSPS) is 14.7. The van der Waals surface area contributed by atoms with Crippen molar-refractivity contribution in [3.05, 3.63) is 71.4 Å². The van der Waals surface area contributed by atoms with Gasteiger partial charge >= 0.3 is 6.18 Å². The van der Waals surface area contributed by atoms with E-state index in [0.717, 1.165) is 12.3 Å². The lowest BCUT2D eigenvalue weighted by Gasteiger charge is -2.36. The molecule has 1 aliphatic heterocycles. The van der Waals surface area contributed by atoms with Crippen molar-refractivity contribution in [3.63, 3.8) is 0 Å². The number of piperazine rings is 1. The molecule has 1 amide bonds. The zero-order chi connectivity index (χ0) is 22.2. The standard InChI is InChI=1S/C21H19F4N5O/c1-14-16(13-27-30(14)19-7-6-15(12-26-19)21(23,24)25)20(31)29-10-8-28(9-11-29)18-5-3-2-4-17(18)22/h2-7,12-13H,8-11H2,1H3. The number of anilines is 1. The highest BCUT2D eigenvalue weighted by Gasteiger charge is 2.31. The second-order valence-corrected chi connectivity index (χ2v) is 7.19. The van der Waals surface area contributed by atoms with Gasteiger partial charge in [-0.1, -0.05) is 12.1 Å². The summed E-state index contributed by atoms with van der Waals surface area (Å²) in [6, 6.07) is 8.64. The topological polar surface area (TPSA) is 54.3 Å². The maximum absolute atomic E-state index is 14.0. The Morgan fingerprint density at radius 2 is 1.71 bits per heavy atom. The monoisotopic (exact) mass is 433 g/mol. The predicted octanol–water partition coefficient (Wildman–Crippen LogP) is 3.70. The SMILES string of the molecule is Cc1c(C(=O)N2CCN(c3ccccc3F)CC2)cnn1-c1ccc(C(F)(F)F)cn1. The van der Waals surface area contributed by atoms with Crippen LogP contribution in [-0.4, -0.2) is 51.8 Å². The maximum Gasteiger partial charge on any atom is 0.417 e. The number of carbonyl (C=O) groups excluding carboxylic acids is 1. The number of nitrogens with zero attached hydrogens (tertiary/aromatic N) is 5. The van der Waals surface area contributed by atoms with E-state index in [0.29, 0.717) is 43.1 Å². The smallest absolute Gasteiger partial charge is 0.366 e. The van der Waals surface area contributed by atoms with Gasteiger partial charge in [0.05, 0.1) is 28.7 Å². The predicted molar refractivity (Wildman–Crippen MR) is 106 cm³/mol.